The van der Waals surface area contributed by atoms with Gasteiger partial charge in [0.25, 0.3) is 5.91 Å². The van der Waals surface area contributed by atoms with Gasteiger partial charge in [-0.15, -0.1) is 0 Å². The van der Waals surface area contributed by atoms with Crippen LogP contribution in [0, 0.1) is 0 Å². The Kier molecular flexibility index (Phi) is 5.69. The Balaban J connectivity index is 1.84. The van der Waals surface area contributed by atoms with Crippen molar-refractivity contribution in [1.29, 1.82) is 0 Å². The summed E-state index contributed by atoms with van der Waals surface area (Å²) in [6.07, 6.45) is 1.35. The quantitative estimate of drug-likeness (QED) is 0.343. The van der Waals surface area contributed by atoms with Crippen molar-refractivity contribution in [3.8, 4) is 5.75 Å². The summed E-state index contributed by atoms with van der Waals surface area (Å²) in [6, 6.07) is 6.67. The van der Waals surface area contributed by atoms with Crippen LogP contribution in [0.5, 0.6) is 5.75 Å². The van der Waals surface area contributed by atoms with E-state index in [-0.39, 0.29) is 29.5 Å². The molecule has 0 radical (unpaired) electrons. The molecule has 1 fully saturated rings. The van der Waals surface area contributed by atoms with Gasteiger partial charge in [-0.05, 0) is 36.4 Å². The van der Waals surface area contributed by atoms with E-state index >= 15 is 0 Å². The third-order valence-electron chi connectivity index (χ3n) is 3.85. The number of hydrogen-bond acceptors (Lipinski definition) is 7. The van der Waals surface area contributed by atoms with E-state index in [2.05, 4.69) is 10.1 Å². The number of hydrogen-bond donors (Lipinski definition) is 1. The molecule has 0 aliphatic carbocycles. The summed E-state index contributed by atoms with van der Waals surface area (Å²) in [7, 11) is 1.21. The number of esters is 2. The maximum Gasteiger partial charge on any atom is 0.373 e. The molecule has 10 heteroatoms. The molecular weight excluding hydrogens is 404 g/mol. The fourth-order valence-electron chi connectivity index (χ4n) is 2.58. The Morgan fingerprint density at radius 2 is 2.00 bits per heavy atom. The number of benzene rings is 1. The van der Waals surface area contributed by atoms with E-state index in [1.807, 2.05) is 0 Å². The highest BCUT2D eigenvalue weighted by Crippen LogP contribution is 2.27. The van der Waals surface area contributed by atoms with Crippen LogP contribution in [-0.4, -0.2) is 35.9 Å². The van der Waals surface area contributed by atoms with Gasteiger partial charge in [-0.2, -0.15) is 0 Å². The van der Waals surface area contributed by atoms with Crippen LogP contribution in [0.25, 0.3) is 6.08 Å². The third kappa shape index (κ3) is 4.46. The Morgan fingerprint density at radius 1 is 1.24 bits per heavy atom. The molecule has 3 amide bonds. The number of urea groups is 1. The number of nitrogens with zero attached hydrogens (tertiary/aromatic N) is 1. The van der Waals surface area contributed by atoms with Crippen LogP contribution in [-0.2, 0) is 20.9 Å². The summed E-state index contributed by atoms with van der Waals surface area (Å²) in [5, 5.41) is 2.80. The van der Waals surface area contributed by atoms with Crippen LogP contribution < -0.4 is 10.1 Å². The maximum absolute atomic E-state index is 12.6. The van der Waals surface area contributed by atoms with Gasteiger partial charge in [0, 0.05) is 17.5 Å². The van der Waals surface area contributed by atoms with Gasteiger partial charge in [0.2, 0.25) is 5.76 Å². The normalized spacial score (nSPS) is 14.9. The van der Waals surface area contributed by atoms with Crippen LogP contribution in [0.4, 0.5) is 4.79 Å². The molecule has 2 aromatic rings. The first kappa shape index (κ1) is 20.2. The van der Waals surface area contributed by atoms with Gasteiger partial charge in [-0.1, -0.05) is 11.6 Å². The highest BCUT2D eigenvalue weighted by molar-refractivity contribution is 6.30. The molecule has 0 bridgehead atoms. The molecule has 9 nitrogen and oxygen atoms in total. The summed E-state index contributed by atoms with van der Waals surface area (Å²) in [5.74, 6) is -1.49. The Hall–Kier alpha value is -3.59. The molecule has 3 rings (SSSR count). The zero-order valence-electron chi connectivity index (χ0n) is 15.4. The van der Waals surface area contributed by atoms with E-state index in [1.54, 1.807) is 0 Å². The minimum Gasteiger partial charge on any atom is -0.463 e. The largest absolute Gasteiger partial charge is 0.463 e. The van der Waals surface area contributed by atoms with Crippen LogP contribution in [0.15, 0.2) is 40.4 Å². The minimum atomic E-state index is -0.673. The average Bonchev–Trinajstić information content (AvgIpc) is 3.24. The number of amides is 3. The fourth-order valence-corrected chi connectivity index (χ4v) is 2.76. The number of imide groups is 1. The molecule has 1 aromatic carbocycles. The number of halogens is 1. The first-order chi connectivity index (χ1) is 13.8. The molecule has 1 aliphatic rings. The summed E-state index contributed by atoms with van der Waals surface area (Å²) in [5.41, 5.74) is 0.301. The molecule has 1 aliphatic heterocycles. The number of nitrogens with one attached hydrogen (secondary N) is 1. The van der Waals surface area contributed by atoms with E-state index in [0.717, 1.165) is 4.90 Å². The smallest absolute Gasteiger partial charge is 0.373 e. The predicted molar refractivity (Wildman–Crippen MR) is 99.9 cm³/mol. The van der Waals surface area contributed by atoms with Gasteiger partial charge in [0.15, 0.2) is 0 Å². The van der Waals surface area contributed by atoms with Gasteiger partial charge in [-0.25, -0.2) is 9.59 Å². The van der Waals surface area contributed by atoms with Crippen molar-refractivity contribution in [2.75, 3.05) is 7.11 Å². The molecule has 2 heterocycles. The lowest BCUT2D eigenvalue weighted by Crippen LogP contribution is -2.30. The lowest BCUT2D eigenvalue weighted by atomic mass is 10.1. The van der Waals surface area contributed by atoms with Crippen LogP contribution in [0.1, 0.15) is 28.8 Å². The van der Waals surface area contributed by atoms with Crippen molar-refractivity contribution in [3.05, 3.63) is 58.1 Å². The number of carbonyl (C=O) groups is 4. The molecule has 150 valence electrons. The Morgan fingerprint density at radius 3 is 2.69 bits per heavy atom. The summed E-state index contributed by atoms with van der Waals surface area (Å²) >= 11 is 5.98. The van der Waals surface area contributed by atoms with Gasteiger partial charge < -0.3 is 19.2 Å². The van der Waals surface area contributed by atoms with Crippen LogP contribution in [0.2, 0.25) is 5.02 Å². The second-order valence-electron chi connectivity index (χ2n) is 5.91. The van der Waals surface area contributed by atoms with Gasteiger partial charge >= 0.3 is 18.0 Å². The summed E-state index contributed by atoms with van der Waals surface area (Å²) in [6.45, 7) is 1.05. The number of methoxy groups -OCH3 is 1. The molecule has 0 spiro atoms. The summed E-state index contributed by atoms with van der Waals surface area (Å²) < 4.78 is 14.9. The topological polar surface area (TPSA) is 115 Å². The first-order valence-electron chi connectivity index (χ1n) is 8.28. The SMILES string of the molecule is COC(=O)c1ccc(CN2C(=O)N/C(=C\c3cc(Cl)ccc3OC(C)=O)C2=O)o1. The number of furan rings is 1. The zero-order valence-corrected chi connectivity index (χ0v) is 16.1. The number of rotatable bonds is 5. The number of ether oxygens (including phenoxy) is 2. The maximum atomic E-state index is 12.6. The van der Waals surface area contributed by atoms with Gasteiger partial charge in [-0.3, -0.25) is 14.5 Å². The van der Waals surface area contributed by atoms with E-state index < -0.39 is 23.9 Å². The lowest BCUT2D eigenvalue weighted by Gasteiger charge is -2.09. The first-order valence-corrected chi connectivity index (χ1v) is 8.66. The van der Waals surface area contributed by atoms with Crippen molar-refractivity contribution >= 4 is 41.6 Å². The second kappa shape index (κ2) is 8.19. The van der Waals surface area contributed by atoms with E-state index in [0.29, 0.717) is 10.6 Å². The molecule has 1 saturated heterocycles. The van der Waals surface area contributed by atoms with Crippen molar-refractivity contribution in [2.24, 2.45) is 0 Å². The lowest BCUT2D eigenvalue weighted by molar-refractivity contribution is -0.131. The van der Waals surface area contributed by atoms with Crippen molar-refractivity contribution in [1.82, 2.24) is 10.2 Å². The monoisotopic (exact) mass is 418 g/mol. The summed E-state index contributed by atoms with van der Waals surface area (Å²) in [4.78, 5) is 48.5. The van der Waals surface area contributed by atoms with E-state index in [4.69, 9.17) is 20.8 Å². The zero-order chi connectivity index (χ0) is 21.1. The molecule has 1 aromatic heterocycles. The highest BCUT2D eigenvalue weighted by atomic mass is 35.5. The molecular formula is C19H15ClN2O7. The third-order valence-corrected chi connectivity index (χ3v) is 4.08. The Labute approximate surface area is 169 Å². The predicted octanol–water partition coefficient (Wildman–Crippen LogP) is 2.74. The average molecular weight is 419 g/mol. The van der Waals surface area contributed by atoms with E-state index in [9.17, 15) is 19.2 Å². The minimum absolute atomic E-state index is 0.0367. The van der Waals surface area contributed by atoms with E-state index in [1.165, 1.54) is 50.4 Å². The Bertz CT molecular complexity index is 1040. The van der Waals surface area contributed by atoms with Crippen LogP contribution >= 0.6 is 11.6 Å². The standard InChI is InChI=1S/C19H15ClN2O7/c1-10(23)28-15-5-3-12(20)7-11(15)8-14-17(24)22(19(26)21-14)9-13-4-6-16(29-13)18(25)27-2/h3-8H,9H2,1-2H3,(H,21,26)/b14-8-. The molecule has 0 saturated carbocycles. The molecule has 29 heavy (non-hydrogen) atoms. The fraction of sp³-hybridized carbons (Fsp3) is 0.158. The molecule has 0 unspecified atom stereocenters. The number of carbonyl (C=O) groups excluding carboxylic acids is 4. The van der Waals surface area contributed by atoms with Gasteiger partial charge in [0.1, 0.15) is 17.2 Å². The molecule has 0 atom stereocenters. The molecule has 1 N–H and O–H groups in total. The van der Waals surface area contributed by atoms with Crippen molar-refractivity contribution in [2.45, 2.75) is 13.5 Å². The highest BCUT2D eigenvalue weighted by Gasteiger charge is 2.34. The van der Waals surface area contributed by atoms with Crippen molar-refractivity contribution < 1.29 is 33.1 Å². The second-order valence-corrected chi connectivity index (χ2v) is 6.35. The van der Waals surface area contributed by atoms with Gasteiger partial charge in [0.05, 0.1) is 13.7 Å². The van der Waals surface area contributed by atoms with Crippen molar-refractivity contribution in [3.63, 3.8) is 0 Å². The van der Waals surface area contributed by atoms with Crippen LogP contribution in [0.3, 0.4) is 0 Å².